The number of carbonyl (C=O) groups excluding carboxylic acids is 1. The maximum absolute atomic E-state index is 11.5. The molecule has 0 unspecified atom stereocenters. The highest BCUT2D eigenvalue weighted by molar-refractivity contribution is 6.30. The van der Waals surface area contributed by atoms with Crippen molar-refractivity contribution in [2.75, 3.05) is 20.2 Å². The fourth-order valence-electron chi connectivity index (χ4n) is 2.62. The third kappa shape index (κ3) is 6.34. The van der Waals surface area contributed by atoms with E-state index in [1.54, 1.807) is 6.07 Å². The summed E-state index contributed by atoms with van der Waals surface area (Å²) in [4.78, 5) is 11.5. The van der Waals surface area contributed by atoms with E-state index in [4.69, 9.17) is 16.3 Å². The van der Waals surface area contributed by atoms with Crippen molar-refractivity contribution >= 4 is 17.6 Å². The van der Waals surface area contributed by atoms with Crippen molar-refractivity contribution in [1.82, 2.24) is 5.32 Å². The van der Waals surface area contributed by atoms with Crippen LogP contribution in [0.15, 0.2) is 48.5 Å². The lowest BCUT2D eigenvalue weighted by Gasteiger charge is -2.06. The smallest absolute Gasteiger partial charge is 0.337 e. The Morgan fingerprint density at radius 3 is 2.25 bits per heavy atom. The van der Waals surface area contributed by atoms with Gasteiger partial charge in [0.05, 0.1) is 12.7 Å². The molecular weight excluding hydrogens is 322 g/mol. The number of hydrogen-bond donors (Lipinski definition) is 1. The van der Waals surface area contributed by atoms with Gasteiger partial charge in [0, 0.05) is 5.02 Å². The first-order chi connectivity index (χ1) is 11.7. The quantitative estimate of drug-likeness (QED) is 0.544. The molecule has 1 N–H and O–H groups in total. The second kappa shape index (κ2) is 10.1. The average molecular weight is 346 g/mol. The molecule has 0 aromatic heterocycles. The predicted molar refractivity (Wildman–Crippen MR) is 98.7 cm³/mol. The minimum atomic E-state index is -0.281. The highest BCUT2D eigenvalue weighted by atomic mass is 35.5. The highest BCUT2D eigenvalue weighted by Crippen LogP contribution is 2.12. The molecule has 0 saturated heterocycles. The Bertz CT molecular complexity index is 658. The molecule has 3 nitrogen and oxygen atoms in total. The number of nitrogens with one attached hydrogen (secondary N) is 1. The number of rotatable bonds is 9. The van der Waals surface area contributed by atoms with Crippen LogP contribution in [0.3, 0.4) is 0 Å². The van der Waals surface area contributed by atoms with Crippen LogP contribution < -0.4 is 5.32 Å². The van der Waals surface area contributed by atoms with Gasteiger partial charge in [0.25, 0.3) is 0 Å². The van der Waals surface area contributed by atoms with Gasteiger partial charge in [0.1, 0.15) is 0 Å². The van der Waals surface area contributed by atoms with E-state index in [9.17, 15) is 4.79 Å². The molecule has 4 heteroatoms. The van der Waals surface area contributed by atoms with E-state index < -0.39 is 0 Å². The van der Waals surface area contributed by atoms with Gasteiger partial charge in [-0.25, -0.2) is 4.79 Å². The Hall–Kier alpha value is -1.84. The molecule has 0 radical (unpaired) electrons. The number of aryl methyl sites for hydroxylation is 2. The highest BCUT2D eigenvalue weighted by Gasteiger charge is 2.05. The van der Waals surface area contributed by atoms with Crippen LogP contribution in [0.4, 0.5) is 0 Å². The van der Waals surface area contributed by atoms with Gasteiger partial charge in [0.15, 0.2) is 0 Å². The Morgan fingerprint density at radius 2 is 1.62 bits per heavy atom. The normalized spacial score (nSPS) is 10.6. The number of methoxy groups -OCH3 is 1. The van der Waals surface area contributed by atoms with Gasteiger partial charge in [-0.1, -0.05) is 35.9 Å². The molecule has 0 amide bonds. The van der Waals surface area contributed by atoms with Crippen molar-refractivity contribution < 1.29 is 9.53 Å². The van der Waals surface area contributed by atoms with E-state index in [0.717, 1.165) is 43.8 Å². The van der Waals surface area contributed by atoms with Crippen LogP contribution in [0, 0.1) is 0 Å². The third-order valence-electron chi connectivity index (χ3n) is 3.88. The predicted octanol–water partition coefficient (Wildman–Crippen LogP) is 4.28. The van der Waals surface area contributed by atoms with E-state index >= 15 is 0 Å². The Balaban J connectivity index is 1.60. The second-order valence-corrected chi connectivity index (χ2v) is 6.22. The molecule has 128 valence electrons. The summed E-state index contributed by atoms with van der Waals surface area (Å²) in [7, 11) is 1.41. The van der Waals surface area contributed by atoms with Crippen molar-refractivity contribution in [1.29, 1.82) is 0 Å². The molecule has 0 spiro atoms. The minimum absolute atomic E-state index is 0.281. The topological polar surface area (TPSA) is 38.3 Å². The molecule has 2 rings (SSSR count). The molecule has 0 fully saturated rings. The molecule has 0 heterocycles. The van der Waals surface area contributed by atoms with Crippen LogP contribution in [0.2, 0.25) is 5.02 Å². The van der Waals surface area contributed by atoms with E-state index in [0.29, 0.717) is 5.56 Å². The number of benzene rings is 2. The lowest BCUT2D eigenvalue weighted by Crippen LogP contribution is -2.17. The average Bonchev–Trinajstić information content (AvgIpc) is 2.60. The number of carbonyl (C=O) groups is 1. The summed E-state index contributed by atoms with van der Waals surface area (Å²) in [5.41, 5.74) is 3.06. The fourth-order valence-corrected chi connectivity index (χ4v) is 2.84. The number of esters is 1. The SMILES string of the molecule is COC(=O)c1cccc(CCCNCCCc2cccc(Cl)c2)c1. The van der Waals surface area contributed by atoms with E-state index in [1.807, 2.05) is 36.4 Å². The zero-order chi connectivity index (χ0) is 17.2. The molecule has 0 saturated carbocycles. The van der Waals surface area contributed by atoms with Gasteiger partial charge in [-0.2, -0.15) is 0 Å². The largest absolute Gasteiger partial charge is 0.465 e. The summed E-state index contributed by atoms with van der Waals surface area (Å²) in [6.07, 6.45) is 4.13. The number of hydrogen-bond acceptors (Lipinski definition) is 3. The number of ether oxygens (including phenoxy) is 1. The Kier molecular flexibility index (Phi) is 7.80. The van der Waals surface area contributed by atoms with Gasteiger partial charge in [-0.05, 0) is 74.2 Å². The summed E-state index contributed by atoms with van der Waals surface area (Å²) in [6, 6.07) is 15.7. The molecule has 2 aromatic carbocycles. The zero-order valence-electron chi connectivity index (χ0n) is 14.1. The molecule has 0 aliphatic carbocycles. The first kappa shape index (κ1) is 18.5. The van der Waals surface area contributed by atoms with Gasteiger partial charge < -0.3 is 10.1 Å². The lowest BCUT2D eigenvalue weighted by atomic mass is 10.1. The maximum atomic E-state index is 11.5. The Labute approximate surface area is 149 Å². The molecule has 0 aliphatic rings. The summed E-state index contributed by atoms with van der Waals surface area (Å²) in [5, 5.41) is 4.27. The molecular formula is C20H24ClNO2. The van der Waals surface area contributed by atoms with Crippen LogP contribution in [-0.4, -0.2) is 26.2 Å². The standard InChI is InChI=1S/C20H24ClNO2/c1-24-20(23)18-10-2-6-16(14-18)8-4-12-22-13-5-9-17-7-3-11-19(21)15-17/h2-3,6-7,10-11,14-15,22H,4-5,8-9,12-13H2,1H3. The first-order valence-corrected chi connectivity index (χ1v) is 8.69. The van der Waals surface area contributed by atoms with Gasteiger partial charge in [0.2, 0.25) is 0 Å². The van der Waals surface area contributed by atoms with E-state index in [-0.39, 0.29) is 5.97 Å². The summed E-state index contributed by atoms with van der Waals surface area (Å²) < 4.78 is 4.75. The molecule has 24 heavy (non-hydrogen) atoms. The van der Waals surface area contributed by atoms with Crippen molar-refractivity contribution in [2.45, 2.75) is 25.7 Å². The molecule has 0 bridgehead atoms. The molecule has 0 aliphatic heterocycles. The van der Waals surface area contributed by atoms with Crippen molar-refractivity contribution in [3.63, 3.8) is 0 Å². The maximum Gasteiger partial charge on any atom is 0.337 e. The van der Waals surface area contributed by atoms with Gasteiger partial charge >= 0.3 is 5.97 Å². The van der Waals surface area contributed by atoms with Crippen LogP contribution in [0.5, 0.6) is 0 Å². The van der Waals surface area contributed by atoms with Gasteiger partial charge in [-0.15, -0.1) is 0 Å². The summed E-state index contributed by atoms with van der Waals surface area (Å²) in [5.74, 6) is -0.281. The van der Waals surface area contributed by atoms with Gasteiger partial charge in [-0.3, -0.25) is 0 Å². The lowest BCUT2D eigenvalue weighted by molar-refractivity contribution is 0.0600. The monoisotopic (exact) mass is 345 g/mol. The Morgan fingerprint density at radius 1 is 1.00 bits per heavy atom. The van der Waals surface area contributed by atoms with Crippen LogP contribution >= 0.6 is 11.6 Å². The van der Waals surface area contributed by atoms with Crippen LogP contribution in [-0.2, 0) is 17.6 Å². The fraction of sp³-hybridized carbons (Fsp3) is 0.350. The van der Waals surface area contributed by atoms with E-state index in [1.165, 1.54) is 18.2 Å². The van der Waals surface area contributed by atoms with Crippen molar-refractivity contribution in [3.8, 4) is 0 Å². The first-order valence-electron chi connectivity index (χ1n) is 8.31. The summed E-state index contributed by atoms with van der Waals surface area (Å²) in [6.45, 7) is 1.96. The van der Waals surface area contributed by atoms with E-state index in [2.05, 4.69) is 11.4 Å². The molecule has 2 aromatic rings. The van der Waals surface area contributed by atoms with Crippen LogP contribution in [0.1, 0.15) is 34.3 Å². The molecule has 0 atom stereocenters. The van der Waals surface area contributed by atoms with Crippen molar-refractivity contribution in [2.24, 2.45) is 0 Å². The summed E-state index contributed by atoms with van der Waals surface area (Å²) >= 11 is 5.98. The minimum Gasteiger partial charge on any atom is -0.465 e. The third-order valence-corrected chi connectivity index (χ3v) is 4.11. The zero-order valence-corrected chi connectivity index (χ0v) is 14.8. The number of halogens is 1. The van der Waals surface area contributed by atoms with Crippen molar-refractivity contribution in [3.05, 3.63) is 70.2 Å². The second-order valence-electron chi connectivity index (χ2n) is 5.78. The van der Waals surface area contributed by atoms with Crippen LogP contribution in [0.25, 0.3) is 0 Å².